The number of anilines is 1. The highest BCUT2D eigenvalue weighted by Crippen LogP contribution is 2.33. The highest BCUT2D eigenvalue weighted by Gasteiger charge is 2.40. The first kappa shape index (κ1) is 12.8. The van der Waals surface area contributed by atoms with Gasteiger partial charge in [0.25, 0.3) is 5.69 Å². The summed E-state index contributed by atoms with van der Waals surface area (Å²) in [6.45, 7) is 5.01. The molecule has 0 bridgehead atoms. The maximum absolute atomic E-state index is 10.7. The number of aliphatic hydroxyl groups is 1. The summed E-state index contributed by atoms with van der Waals surface area (Å²) >= 11 is 0. The van der Waals surface area contributed by atoms with E-state index < -0.39 is 5.60 Å². The molecular weight excluding hydrogens is 232 g/mol. The molecule has 5 heteroatoms. The lowest BCUT2D eigenvalue weighted by atomic mass is 9.88. The second-order valence-corrected chi connectivity index (χ2v) is 5.06. The smallest absolute Gasteiger partial charge is 0.272 e. The van der Waals surface area contributed by atoms with Crippen molar-refractivity contribution < 1.29 is 10.0 Å². The van der Waals surface area contributed by atoms with Crippen molar-refractivity contribution in [2.75, 3.05) is 18.0 Å². The van der Waals surface area contributed by atoms with Gasteiger partial charge in [0.05, 0.1) is 10.5 Å². The van der Waals surface area contributed by atoms with Crippen molar-refractivity contribution in [2.24, 2.45) is 0 Å². The zero-order chi connectivity index (χ0) is 13.3. The molecule has 1 heterocycles. The van der Waals surface area contributed by atoms with Gasteiger partial charge in [0.2, 0.25) is 0 Å². The Bertz CT molecular complexity index is 467. The summed E-state index contributed by atoms with van der Waals surface area (Å²) in [5.74, 6) is 0. The van der Waals surface area contributed by atoms with Crippen molar-refractivity contribution in [3.05, 3.63) is 33.9 Å². The Morgan fingerprint density at radius 2 is 2.17 bits per heavy atom. The normalized spacial score (nSPS) is 17.4. The fraction of sp³-hybridized carbons (Fsp3) is 0.538. The van der Waals surface area contributed by atoms with E-state index in [9.17, 15) is 15.2 Å². The van der Waals surface area contributed by atoms with Crippen LogP contribution >= 0.6 is 0 Å². The van der Waals surface area contributed by atoms with Crippen molar-refractivity contribution >= 4 is 11.4 Å². The van der Waals surface area contributed by atoms with E-state index in [1.807, 2.05) is 11.0 Å². The Balaban J connectivity index is 2.09. The predicted molar refractivity (Wildman–Crippen MR) is 69.9 cm³/mol. The maximum Gasteiger partial charge on any atom is 0.272 e. The first-order valence-electron chi connectivity index (χ1n) is 6.17. The molecule has 0 aliphatic carbocycles. The van der Waals surface area contributed by atoms with Gasteiger partial charge < -0.3 is 10.0 Å². The second kappa shape index (κ2) is 4.57. The summed E-state index contributed by atoms with van der Waals surface area (Å²) in [6, 6.07) is 5.09. The average molecular weight is 250 g/mol. The van der Waals surface area contributed by atoms with E-state index >= 15 is 0 Å². The quantitative estimate of drug-likeness (QED) is 0.657. The standard InChI is InChI=1S/C13H18N2O3/c1-3-6-13(16)8-14(9-13)11-4-5-12(15(17)18)10(2)7-11/h4-5,7,16H,3,6,8-9H2,1-2H3. The summed E-state index contributed by atoms with van der Waals surface area (Å²) in [6.07, 6.45) is 1.76. The van der Waals surface area contributed by atoms with E-state index in [4.69, 9.17) is 0 Å². The van der Waals surface area contributed by atoms with Crippen molar-refractivity contribution in [1.29, 1.82) is 0 Å². The minimum absolute atomic E-state index is 0.142. The SMILES string of the molecule is CCCC1(O)CN(c2ccc([N+](=O)[O-])c(C)c2)C1. The van der Waals surface area contributed by atoms with Gasteiger partial charge in [-0.25, -0.2) is 0 Å². The number of hydrogen-bond donors (Lipinski definition) is 1. The van der Waals surface area contributed by atoms with Crippen LogP contribution in [0.2, 0.25) is 0 Å². The molecule has 1 aromatic carbocycles. The Morgan fingerprint density at radius 1 is 1.50 bits per heavy atom. The molecule has 1 N–H and O–H groups in total. The minimum atomic E-state index is -0.579. The molecule has 1 saturated heterocycles. The number of aryl methyl sites for hydroxylation is 1. The summed E-state index contributed by atoms with van der Waals surface area (Å²) in [5, 5.41) is 20.8. The fourth-order valence-electron chi connectivity index (χ4n) is 2.51. The van der Waals surface area contributed by atoms with E-state index in [2.05, 4.69) is 6.92 Å². The van der Waals surface area contributed by atoms with Crippen LogP contribution in [0.4, 0.5) is 11.4 Å². The molecule has 1 aliphatic rings. The Hall–Kier alpha value is -1.62. The van der Waals surface area contributed by atoms with Gasteiger partial charge in [0, 0.05) is 30.4 Å². The highest BCUT2D eigenvalue weighted by atomic mass is 16.6. The third kappa shape index (κ3) is 2.31. The molecule has 0 spiro atoms. The fourth-order valence-corrected chi connectivity index (χ4v) is 2.51. The largest absolute Gasteiger partial charge is 0.386 e. The van der Waals surface area contributed by atoms with Gasteiger partial charge in [-0.15, -0.1) is 0 Å². The van der Waals surface area contributed by atoms with Crippen LogP contribution in [0.25, 0.3) is 0 Å². The van der Waals surface area contributed by atoms with Crippen LogP contribution in [-0.2, 0) is 0 Å². The molecule has 5 nitrogen and oxygen atoms in total. The number of nitrogens with zero attached hydrogens (tertiary/aromatic N) is 2. The average Bonchev–Trinajstić information content (AvgIpc) is 2.25. The summed E-state index contributed by atoms with van der Waals surface area (Å²) in [5.41, 5.74) is 1.16. The maximum atomic E-state index is 10.7. The molecule has 0 unspecified atom stereocenters. The van der Waals surface area contributed by atoms with Crippen LogP contribution in [0.1, 0.15) is 25.3 Å². The van der Waals surface area contributed by atoms with Crippen LogP contribution in [0.3, 0.4) is 0 Å². The van der Waals surface area contributed by atoms with Crippen LogP contribution < -0.4 is 4.90 Å². The molecule has 2 rings (SSSR count). The monoisotopic (exact) mass is 250 g/mol. The van der Waals surface area contributed by atoms with Crippen LogP contribution in [0.5, 0.6) is 0 Å². The third-order valence-corrected chi connectivity index (χ3v) is 3.43. The van der Waals surface area contributed by atoms with E-state index in [1.165, 1.54) is 6.07 Å². The molecule has 1 aromatic rings. The molecule has 98 valence electrons. The summed E-state index contributed by atoms with van der Waals surface area (Å²) in [7, 11) is 0. The molecular formula is C13H18N2O3. The van der Waals surface area contributed by atoms with E-state index in [1.54, 1.807) is 13.0 Å². The Kier molecular flexibility index (Phi) is 3.26. The second-order valence-electron chi connectivity index (χ2n) is 5.06. The molecule has 1 aliphatic heterocycles. The van der Waals surface area contributed by atoms with Gasteiger partial charge >= 0.3 is 0 Å². The van der Waals surface area contributed by atoms with Gasteiger partial charge in [0.15, 0.2) is 0 Å². The molecule has 0 amide bonds. The molecule has 0 radical (unpaired) electrons. The van der Waals surface area contributed by atoms with Gasteiger partial charge in [-0.1, -0.05) is 13.3 Å². The lowest BCUT2D eigenvalue weighted by Crippen LogP contribution is -2.61. The number of hydrogen-bond acceptors (Lipinski definition) is 4. The Labute approximate surface area is 106 Å². The molecule has 0 atom stereocenters. The number of benzene rings is 1. The topological polar surface area (TPSA) is 66.6 Å². The molecule has 0 aromatic heterocycles. The van der Waals surface area contributed by atoms with Crippen LogP contribution in [-0.4, -0.2) is 28.7 Å². The summed E-state index contributed by atoms with van der Waals surface area (Å²) < 4.78 is 0. The van der Waals surface area contributed by atoms with Crippen molar-refractivity contribution in [1.82, 2.24) is 0 Å². The van der Waals surface area contributed by atoms with Crippen molar-refractivity contribution in [3.63, 3.8) is 0 Å². The van der Waals surface area contributed by atoms with E-state index in [0.29, 0.717) is 18.7 Å². The van der Waals surface area contributed by atoms with Crippen molar-refractivity contribution in [2.45, 2.75) is 32.3 Å². The lowest BCUT2D eigenvalue weighted by molar-refractivity contribution is -0.385. The first-order valence-corrected chi connectivity index (χ1v) is 6.17. The lowest BCUT2D eigenvalue weighted by Gasteiger charge is -2.48. The number of nitro benzene ring substituents is 1. The molecule has 0 saturated carbocycles. The number of β-amino-alcohol motifs (C(OH)–C–C–N with tert-alkyl or cyclic N) is 1. The van der Waals surface area contributed by atoms with Gasteiger partial charge in [-0.2, -0.15) is 0 Å². The van der Waals surface area contributed by atoms with E-state index in [-0.39, 0.29) is 10.6 Å². The molecule has 1 fully saturated rings. The first-order chi connectivity index (χ1) is 8.45. The molecule has 18 heavy (non-hydrogen) atoms. The van der Waals surface area contributed by atoms with Gasteiger partial charge in [-0.3, -0.25) is 10.1 Å². The predicted octanol–water partition coefficient (Wildman–Crippen LogP) is 2.25. The summed E-state index contributed by atoms with van der Waals surface area (Å²) in [4.78, 5) is 12.4. The zero-order valence-corrected chi connectivity index (χ0v) is 10.7. The minimum Gasteiger partial charge on any atom is -0.386 e. The number of nitro groups is 1. The highest BCUT2D eigenvalue weighted by molar-refractivity contribution is 5.57. The van der Waals surface area contributed by atoms with E-state index in [0.717, 1.165) is 18.5 Å². The Morgan fingerprint density at radius 3 is 2.67 bits per heavy atom. The van der Waals surface area contributed by atoms with Gasteiger partial charge in [0.1, 0.15) is 0 Å². The van der Waals surface area contributed by atoms with Gasteiger partial charge in [-0.05, 0) is 25.5 Å². The van der Waals surface area contributed by atoms with Crippen molar-refractivity contribution in [3.8, 4) is 0 Å². The zero-order valence-electron chi connectivity index (χ0n) is 10.7. The third-order valence-electron chi connectivity index (χ3n) is 3.43. The van der Waals surface area contributed by atoms with Crippen LogP contribution in [0, 0.1) is 17.0 Å². The number of rotatable bonds is 4. The van der Waals surface area contributed by atoms with Crippen LogP contribution in [0.15, 0.2) is 18.2 Å².